The molecule has 0 heterocycles. The van der Waals surface area contributed by atoms with Crippen molar-refractivity contribution in [2.24, 2.45) is 0 Å². The summed E-state index contributed by atoms with van der Waals surface area (Å²) >= 11 is 0. The number of benzene rings is 1. The number of rotatable bonds is 6. The molecule has 1 aromatic rings. The predicted octanol–water partition coefficient (Wildman–Crippen LogP) is 1.79. The normalized spacial score (nSPS) is 10.5. The summed E-state index contributed by atoms with van der Waals surface area (Å²) in [4.78, 5) is 13.5. The fourth-order valence-electron chi connectivity index (χ4n) is 1.41. The molecule has 0 aliphatic rings. The summed E-state index contributed by atoms with van der Waals surface area (Å²) in [5.74, 6) is -0.0830. The van der Waals surface area contributed by atoms with E-state index in [9.17, 15) is 4.79 Å². The molecule has 4 heteroatoms. The van der Waals surface area contributed by atoms with Gasteiger partial charge in [0, 0.05) is 26.3 Å². The van der Waals surface area contributed by atoms with Crippen LogP contribution in [0.5, 0.6) is 0 Å². The molecule has 0 bridgehead atoms. The molecule has 1 N–H and O–H groups in total. The Kier molecular flexibility index (Phi) is 5.65. The number of carbonyl (C=O) groups is 1. The first-order chi connectivity index (χ1) is 8.49. The van der Waals surface area contributed by atoms with Crippen LogP contribution < -0.4 is 10.2 Å². The number of ether oxygens (including phenoxy) is 1. The van der Waals surface area contributed by atoms with Crippen molar-refractivity contribution in [3.05, 3.63) is 29.8 Å². The maximum Gasteiger partial charge on any atom is 0.246 e. The molecule has 0 saturated carbocycles. The van der Waals surface area contributed by atoms with Gasteiger partial charge in [0.2, 0.25) is 5.91 Å². The van der Waals surface area contributed by atoms with Gasteiger partial charge >= 0.3 is 0 Å². The molecule has 4 nitrogen and oxygen atoms in total. The highest BCUT2D eigenvalue weighted by Gasteiger charge is 2.03. The summed E-state index contributed by atoms with van der Waals surface area (Å²) in [5.41, 5.74) is 2.23. The fourth-order valence-corrected chi connectivity index (χ4v) is 1.41. The van der Waals surface area contributed by atoms with Crippen molar-refractivity contribution >= 4 is 11.6 Å². The highest BCUT2D eigenvalue weighted by Crippen LogP contribution is 2.11. The second-order valence-corrected chi connectivity index (χ2v) is 4.70. The number of amides is 1. The molecule has 18 heavy (non-hydrogen) atoms. The van der Waals surface area contributed by atoms with Crippen LogP contribution >= 0.6 is 0 Å². The van der Waals surface area contributed by atoms with Crippen LogP contribution in [0.1, 0.15) is 19.4 Å². The van der Waals surface area contributed by atoms with E-state index in [2.05, 4.69) is 5.32 Å². The highest BCUT2D eigenvalue weighted by molar-refractivity contribution is 5.77. The van der Waals surface area contributed by atoms with Crippen LogP contribution in [0.15, 0.2) is 24.3 Å². The Morgan fingerprint density at radius 2 is 1.89 bits per heavy atom. The Morgan fingerprint density at radius 3 is 2.39 bits per heavy atom. The van der Waals surface area contributed by atoms with Crippen molar-refractivity contribution in [2.45, 2.75) is 26.5 Å². The Morgan fingerprint density at radius 1 is 1.28 bits per heavy atom. The second-order valence-electron chi connectivity index (χ2n) is 4.70. The lowest BCUT2D eigenvalue weighted by molar-refractivity contribution is -0.127. The Bertz CT molecular complexity index is 372. The zero-order valence-electron chi connectivity index (χ0n) is 11.6. The van der Waals surface area contributed by atoms with Gasteiger partial charge in [0.1, 0.15) is 6.61 Å². The van der Waals surface area contributed by atoms with Crippen LogP contribution in [0.3, 0.4) is 0 Å². The van der Waals surface area contributed by atoms with Gasteiger partial charge in [0.25, 0.3) is 0 Å². The standard InChI is InChI=1S/C14H22N2O2/c1-11(2)18-10-14(17)15-9-12-5-7-13(8-6-12)16(3)4/h5-8,11H,9-10H2,1-4H3,(H,15,17). The van der Waals surface area contributed by atoms with Crippen LogP contribution in [0.2, 0.25) is 0 Å². The third kappa shape index (κ3) is 5.19. The van der Waals surface area contributed by atoms with Gasteiger partial charge in [-0.05, 0) is 31.5 Å². The summed E-state index contributed by atoms with van der Waals surface area (Å²) in [7, 11) is 4.00. The van der Waals surface area contributed by atoms with Crippen molar-refractivity contribution in [3.63, 3.8) is 0 Å². The van der Waals surface area contributed by atoms with Crippen molar-refractivity contribution in [2.75, 3.05) is 25.6 Å². The lowest BCUT2D eigenvalue weighted by atomic mass is 10.2. The number of nitrogens with one attached hydrogen (secondary N) is 1. The SMILES string of the molecule is CC(C)OCC(=O)NCc1ccc(N(C)C)cc1. The quantitative estimate of drug-likeness (QED) is 0.837. The van der Waals surface area contributed by atoms with Crippen molar-refractivity contribution in [1.29, 1.82) is 0 Å². The van der Waals surface area contributed by atoms with Crippen LogP contribution in [0, 0.1) is 0 Å². The maximum absolute atomic E-state index is 11.5. The van der Waals surface area contributed by atoms with E-state index in [-0.39, 0.29) is 18.6 Å². The van der Waals surface area contributed by atoms with E-state index in [4.69, 9.17) is 4.74 Å². The Hall–Kier alpha value is -1.55. The first-order valence-electron chi connectivity index (χ1n) is 6.13. The van der Waals surface area contributed by atoms with Gasteiger partial charge in [-0.25, -0.2) is 0 Å². The van der Waals surface area contributed by atoms with Gasteiger partial charge in [-0.15, -0.1) is 0 Å². The molecule has 0 unspecified atom stereocenters. The average molecular weight is 250 g/mol. The minimum absolute atomic E-state index is 0.0788. The number of carbonyl (C=O) groups excluding carboxylic acids is 1. The summed E-state index contributed by atoms with van der Waals surface area (Å²) in [6, 6.07) is 8.09. The van der Waals surface area contributed by atoms with Gasteiger partial charge in [0.15, 0.2) is 0 Å². The molecular weight excluding hydrogens is 228 g/mol. The molecule has 0 aromatic heterocycles. The van der Waals surface area contributed by atoms with Crippen LogP contribution in [0.4, 0.5) is 5.69 Å². The van der Waals surface area contributed by atoms with E-state index in [1.807, 2.05) is 57.1 Å². The molecule has 1 amide bonds. The van der Waals surface area contributed by atoms with Gasteiger partial charge in [0.05, 0.1) is 6.10 Å². The van der Waals surface area contributed by atoms with Crippen LogP contribution in [-0.4, -0.2) is 32.7 Å². The predicted molar refractivity (Wildman–Crippen MR) is 73.7 cm³/mol. The molecule has 1 aromatic carbocycles. The summed E-state index contributed by atoms with van der Waals surface area (Å²) < 4.78 is 5.22. The number of hydrogen-bond acceptors (Lipinski definition) is 3. The van der Waals surface area contributed by atoms with E-state index < -0.39 is 0 Å². The first-order valence-corrected chi connectivity index (χ1v) is 6.13. The smallest absolute Gasteiger partial charge is 0.246 e. The Labute approximate surface area is 109 Å². The molecule has 0 aliphatic heterocycles. The van der Waals surface area contributed by atoms with E-state index in [1.165, 1.54) is 0 Å². The minimum atomic E-state index is -0.0830. The topological polar surface area (TPSA) is 41.6 Å². The monoisotopic (exact) mass is 250 g/mol. The van der Waals surface area contributed by atoms with Crippen LogP contribution in [0.25, 0.3) is 0 Å². The van der Waals surface area contributed by atoms with Crippen molar-refractivity contribution in [1.82, 2.24) is 5.32 Å². The molecule has 100 valence electrons. The highest BCUT2D eigenvalue weighted by atomic mass is 16.5. The van der Waals surface area contributed by atoms with Gasteiger partial charge < -0.3 is 15.0 Å². The summed E-state index contributed by atoms with van der Waals surface area (Å²) in [6.45, 7) is 4.47. The van der Waals surface area contributed by atoms with Gasteiger partial charge in [-0.1, -0.05) is 12.1 Å². The summed E-state index contributed by atoms with van der Waals surface area (Å²) in [6.07, 6.45) is 0.0788. The first kappa shape index (κ1) is 14.5. The molecule has 1 rings (SSSR count). The second kappa shape index (κ2) is 7.01. The molecule has 0 saturated heterocycles. The molecule has 0 fully saturated rings. The zero-order valence-corrected chi connectivity index (χ0v) is 11.6. The van der Waals surface area contributed by atoms with Crippen LogP contribution in [-0.2, 0) is 16.1 Å². The third-order valence-corrected chi connectivity index (χ3v) is 2.49. The number of anilines is 1. The minimum Gasteiger partial charge on any atom is -0.378 e. The molecular formula is C14H22N2O2. The Balaban J connectivity index is 2.37. The van der Waals surface area contributed by atoms with Gasteiger partial charge in [-0.3, -0.25) is 4.79 Å². The zero-order chi connectivity index (χ0) is 13.5. The molecule has 0 aliphatic carbocycles. The average Bonchev–Trinajstić information content (AvgIpc) is 2.34. The third-order valence-electron chi connectivity index (χ3n) is 2.49. The fraction of sp³-hybridized carbons (Fsp3) is 0.500. The van der Waals surface area contributed by atoms with Crippen molar-refractivity contribution < 1.29 is 9.53 Å². The molecule has 0 atom stereocenters. The van der Waals surface area contributed by atoms with Crippen molar-refractivity contribution in [3.8, 4) is 0 Å². The van der Waals surface area contributed by atoms with E-state index in [0.717, 1.165) is 11.3 Å². The number of hydrogen-bond donors (Lipinski definition) is 1. The molecule has 0 radical (unpaired) electrons. The maximum atomic E-state index is 11.5. The van der Waals surface area contributed by atoms with E-state index >= 15 is 0 Å². The lowest BCUT2D eigenvalue weighted by Gasteiger charge is -2.13. The summed E-state index contributed by atoms with van der Waals surface area (Å²) in [5, 5.41) is 2.83. The van der Waals surface area contributed by atoms with Gasteiger partial charge in [-0.2, -0.15) is 0 Å². The van der Waals surface area contributed by atoms with E-state index in [1.54, 1.807) is 0 Å². The lowest BCUT2D eigenvalue weighted by Crippen LogP contribution is -2.28. The largest absolute Gasteiger partial charge is 0.378 e. The molecule has 0 spiro atoms. The number of nitrogens with zero attached hydrogens (tertiary/aromatic N) is 1. The van der Waals surface area contributed by atoms with E-state index in [0.29, 0.717) is 6.54 Å².